The van der Waals surface area contributed by atoms with Crippen LogP contribution in [0.5, 0.6) is 0 Å². The van der Waals surface area contributed by atoms with Crippen LogP contribution in [0.15, 0.2) is 0 Å². The molecule has 1 saturated carbocycles. The second-order valence-electron chi connectivity index (χ2n) is 6.07. The number of alkyl halides is 3. The molecule has 20 heavy (non-hydrogen) atoms. The van der Waals surface area contributed by atoms with Crippen molar-refractivity contribution in [1.29, 1.82) is 0 Å². The van der Waals surface area contributed by atoms with Crippen molar-refractivity contribution in [1.82, 2.24) is 5.32 Å². The highest BCUT2D eigenvalue weighted by Gasteiger charge is 2.41. The third-order valence-corrected chi connectivity index (χ3v) is 4.57. The number of nitrogens with one attached hydrogen (secondary N) is 1. The van der Waals surface area contributed by atoms with E-state index in [-0.39, 0.29) is 18.1 Å². The maximum absolute atomic E-state index is 12.3. The number of hydrogen-bond acceptors (Lipinski definition) is 2. The van der Waals surface area contributed by atoms with E-state index in [0.29, 0.717) is 12.3 Å². The van der Waals surface area contributed by atoms with Crippen LogP contribution >= 0.6 is 0 Å². The van der Waals surface area contributed by atoms with Crippen molar-refractivity contribution in [3.8, 4) is 0 Å². The van der Waals surface area contributed by atoms with Gasteiger partial charge in [0.05, 0.1) is 5.60 Å². The van der Waals surface area contributed by atoms with Gasteiger partial charge in [0, 0.05) is 19.6 Å². The number of ether oxygens (including phenoxy) is 1. The molecule has 1 atom stereocenters. The molecule has 1 N–H and O–H groups in total. The average molecular weight is 295 g/mol. The predicted molar refractivity (Wildman–Crippen MR) is 74.7 cm³/mol. The molecule has 1 aliphatic rings. The van der Waals surface area contributed by atoms with Gasteiger partial charge in [0.25, 0.3) is 0 Å². The summed E-state index contributed by atoms with van der Waals surface area (Å²) in [6.45, 7) is 4.98. The molecule has 0 aliphatic heterocycles. The van der Waals surface area contributed by atoms with Crippen LogP contribution in [-0.2, 0) is 4.74 Å². The zero-order valence-corrected chi connectivity index (χ0v) is 12.9. The summed E-state index contributed by atoms with van der Waals surface area (Å²) < 4.78 is 42.7. The molecular formula is C15H28F3NO. The van der Waals surface area contributed by atoms with Crippen LogP contribution in [0.1, 0.15) is 58.8 Å². The monoisotopic (exact) mass is 295 g/mol. The van der Waals surface area contributed by atoms with Gasteiger partial charge in [-0.2, -0.15) is 13.2 Å². The lowest BCUT2D eigenvalue weighted by molar-refractivity contribution is -0.137. The van der Waals surface area contributed by atoms with Gasteiger partial charge in [0.1, 0.15) is 0 Å². The van der Waals surface area contributed by atoms with Crippen LogP contribution in [0.2, 0.25) is 0 Å². The number of rotatable bonds is 7. The van der Waals surface area contributed by atoms with Crippen LogP contribution in [0.25, 0.3) is 0 Å². The zero-order chi connectivity index (χ0) is 15.2. The van der Waals surface area contributed by atoms with Crippen molar-refractivity contribution in [2.75, 3.05) is 13.7 Å². The first-order valence-corrected chi connectivity index (χ1v) is 7.68. The van der Waals surface area contributed by atoms with Crippen molar-refractivity contribution in [2.24, 2.45) is 5.92 Å². The molecule has 0 bridgehead atoms. The molecule has 2 nitrogen and oxygen atoms in total. The molecule has 1 fully saturated rings. The fourth-order valence-electron chi connectivity index (χ4n) is 3.25. The Labute approximate surface area is 120 Å². The molecular weight excluding hydrogens is 267 g/mol. The number of halogens is 3. The van der Waals surface area contributed by atoms with Crippen LogP contribution < -0.4 is 5.32 Å². The minimum atomic E-state index is -4.06. The van der Waals surface area contributed by atoms with E-state index in [1.54, 1.807) is 7.11 Å². The lowest BCUT2D eigenvalue weighted by Crippen LogP contribution is -2.53. The summed E-state index contributed by atoms with van der Waals surface area (Å²) in [7, 11) is 1.70. The Morgan fingerprint density at radius 1 is 1.30 bits per heavy atom. The minimum Gasteiger partial charge on any atom is -0.377 e. The summed E-state index contributed by atoms with van der Waals surface area (Å²) >= 11 is 0. The van der Waals surface area contributed by atoms with Gasteiger partial charge in [-0.1, -0.05) is 13.8 Å². The molecule has 1 rings (SSSR count). The van der Waals surface area contributed by atoms with E-state index >= 15 is 0 Å². The maximum Gasteiger partial charge on any atom is 0.389 e. The molecule has 1 aliphatic carbocycles. The Morgan fingerprint density at radius 3 is 2.35 bits per heavy atom. The van der Waals surface area contributed by atoms with E-state index in [2.05, 4.69) is 12.2 Å². The summed E-state index contributed by atoms with van der Waals surface area (Å²) in [6, 6.07) is 0.0207. The Hall–Kier alpha value is -0.290. The average Bonchev–Trinajstić information content (AvgIpc) is 2.38. The van der Waals surface area contributed by atoms with E-state index in [1.807, 2.05) is 6.92 Å². The number of likely N-dealkylation sites (N-methyl/N-ethyl adjacent to an activating group) is 1. The smallest absolute Gasteiger partial charge is 0.377 e. The maximum atomic E-state index is 12.3. The van der Waals surface area contributed by atoms with E-state index in [9.17, 15) is 13.2 Å². The van der Waals surface area contributed by atoms with Gasteiger partial charge in [-0.3, -0.25) is 0 Å². The van der Waals surface area contributed by atoms with E-state index in [0.717, 1.165) is 32.2 Å². The molecule has 0 aromatic heterocycles. The zero-order valence-electron chi connectivity index (χ0n) is 12.9. The summed E-state index contributed by atoms with van der Waals surface area (Å²) in [6.07, 6.45) is -0.00666. The summed E-state index contributed by atoms with van der Waals surface area (Å²) in [4.78, 5) is 0. The normalized spacial score (nSPS) is 29.4. The largest absolute Gasteiger partial charge is 0.389 e. The first-order valence-electron chi connectivity index (χ1n) is 7.68. The summed E-state index contributed by atoms with van der Waals surface area (Å²) in [5, 5.41) is 3.35. The molecule has 0 spiro atoms. The number of hydrogen-bond donors (Lipinski definition) is 1. The third kappa shape index (κ3) is 5.24. The van der Waals surface area contributed by atoms with Crippen molar-refractivity contribution in [3.63, 3.8) is 0 Å². The Bertz CT molecular complexity index is 273. The highest BCUT2D eigenvalue weighted by molar-refractivity contribution is 4.96. The molecule has 0 amide bonds. The van der Waals surface area contributed by atoms with Gasteiger partial charge in [-0.15, -0.1) is 0 Å². The van der Waals surface area contributed by atoms with Crippen molar-refractivity contribution in [3.05, 3.63) is 0 Å². The lowest BCUT2D eigenvalue weighted by atomic mass is 9.74. The second kappa shape index (κ2) is 7.64. The molecule has 5 heteroatoms. The molecule has 0 aromatic rings. The van der Waals surface area contributed by atoms with Gasteiger partial charge in [-0.05, 0) is 51.0 Å². The lowest BCUT2D eigenvalue weighted by Gasteiger charge is -2.44. The van der Waals surface area contributed by atoms with Gasteiger partial charge in [0.2, 0.25) is 0 Å². The topological polar surface area (TPSA) is 21.3 Å². The fraction of sp³-hybridized carbons (Fsp3) is 1.00. The van der Waals surface area contributed by atoms with Crippen molar-refractivity contribution >= 4 is 0 Å². The highest BCUT2D eigenvalue weighted by atomic mass is 19.4. The Kier molecular flexibility index (Phi) is 6.79. The molecule has 0 heterocycles. The summed E-state index contributed by atoms with van der Waals surface area (Å²) in [5.41, 5.74) is -0.284. The predicted octanol–water partition coefficient (Wildman–Crippen LogP) is 4.29. The van der Waals surface area contributed by atoms with Crippen LogP contribution in [0, 0.1) is 5.92 Å². The van der Waals surface area contributed by atoms with Crippen LogP contribution in [0.3, 0.4) is 0 Å². The molecule has 0 saturated heterocycles. The standard InChI is InChI=1S/C15H28F3NO/c1-4-19-13(6-5-9-15(16,17)18)14(20-3)10-7-12(2)8-11-14/h12-13,19H,4-11H2,1-3H3. The van der Waals surface area contributed by atoms with Crippen LogP contribution in [0.4, 0.5) is 13.2 Å². The number of methoxy groups -OCH3 is 1. The Morgan fingerprint density at radius 2 is 1.90 bits per heavy atom. The second-order valence-corrected chi connectivity index (χ2v) is 6.07. The van der Waals surface area contributed by atoms with E-state index < -0.39 is 12.6 Å². The van der Waals surface area contributed by atoms with Gasteiger partial charge < -0.3 is 10.1 Å². The van der Waals surface area contributed by atoms with Crippen molar-refractivity contribution < 1.29 is 17.9 Å². The molecule has 120 valence electrons. The highest BCUT2D eigenvalue weighted by Crippen LogP contribution is 2.38. The molecule has 1 unspecified atom stereocenters. The van der Waals surface area contributed by atoms with Gasteiger partial charge in [0.15, 0.2) is 0 Å². The van der Waals surface area contributed by atoms with Gasteiger partial charge >= 0.3 is 6.18 Å². The van der Waals surface area contributed by atoms with E-state index in [1.165, 1.54) is 0 Å². The third-order valence-electron chi connectivity index (χ3n) is 4.57. The van der Waals surface area contributed by atoms with Gasteiger partial charge in [-0.25, -0.2) is 0 Å². The first-order chi connectivity index (χ1) is 9.33. The van der Waals surface area contributed by atoms with Crippen LogP contribution in [-0.4, -0.2) is 31.5 Å². The minimum absolute atomic E-state index is 0.0207. The SMILES string of the molecule is CCNC(CCCC(F)(F)F)C1(OC)CCC(C)CC1. The summed E-state index contributed by atoms with van der Waals surface area (Å²) in [5.74, 6) is 0.690. The Balaban J connectivity index is 2.62. The fourth-order valence-corrected chi connectivity index (χ4v) is 3.25. The molecule has 0 radical (unpaired) electrons. The first kappa shape index (κ1) is 17.8. The molecule has 0 aromatic carbocycles. The van der Waals surface area contributed by atoms with Crippen molar-refractivity contribution in [2.45, 2.75) is 76.6 Å². The quantitative estimate of drug-likeness (QED) is 0.756. The van der Waals surface area contributed by atoms with E-state index in [4.69, 9.17) is 4.74 Å².